The molecule has 8 nitrogen and oxygen atoms in total. The second-order valence-electron chi connectivity index (χ2n) is 8.24. The van der Waals surface area contributed by atoms with Crippen LogP contribution >= 0.6 is 0 Å². The van der Waals surface area contributed by atoms with Gasteiger partial charge in [-0.3, -0.25) is 19.4 Å². The van der Waals surface area contributed by atoms with Crippen molar-refractivity contribution in [3.8, 4) is 0 Å². The lowest BCUT2D eigenvalue weighted by molar-refractivity contribution is -0.134. The van der Waals surface area contributed by atoms with Crippen LogP contribution in [-0.4, -0.2) is 53.8 Å². The van der Waals surface area contributed by atoms with Gasteiger partial charge in [-0.1, -0.05) is 36.8 Å². The lowest BCUT2D eigenvalue weighted by Gasteiger charge is -2.33. The Labute approximate surface area is 181 Å². The molecule has 2 atom stereocenters. The number of likely N-dealkylation sites (tertiary alicyclic amines) is 1. The molecule has 3 heterocycles. The van der Waals surface area contributed by atoms with E-state index in [2.05, 4.69) is 15.5 Å². The number of nitrogens with zero attached hydrogens (tertiary/aromatic N) is 2. The highest BCUT2D eigenvalue weighted by molar-refractivity contribution is 6.09. The van der Waals surface area contributed by atoms with Crippen LogP contribution < -0.4 is 10.6 Å². The summed E-state index contributed by atoms with van der Waals surface area (Å²) in [6.45, 7) is 3.58. The molecule has 4 amide bonds. The average molecular weight is 425 g/mol. The number of benzene rings is 1. The van der Waals surface area contributed by atoms with Crippen molar-refractivity contribution in [2.75, 3.05) is 26.2 Å². The molecule has 2 fully saturated rings. The lowest BCUT2D eigenvalue weighted by Crippen LogP contribution is -2.45. The summed E-state index contributed by atoms with van der Waals surface area (Å²) in [4.78, 5) is 41.4. The van der Waals surface area contributed by atoms with Crippen LogP contribution in [0.4, 0.5) is 4.79 Å². The Morgan fingerprint density at radius 1 is 1.13 bits per heavy atom. The predicted octanol–water partition coefficient (Wildman–Crippen LogP) is 2.39. The molecule has 164 valence electrons. The SMILES string of the molecule is CC1(c2ccccc2)NC(=O)N(CC(=O)NCC(c2ccco2)N2CCCCC2)C1=O. The Morgan fingerprint density at radius 2 is 1.87 bits per heavy atom. The molecule has 2 unspecified atom stereocenters. The van der Waals surface area contributed by atoms with Gasteiger partial charge in [0.15, 0.2) is 0 Å². The minimum atomic E-state index is -1.18. The molecule has 1 aromatic heterocycles. The summed E-state index contributed by atoms with van der Waals surface area (Å²) >= 11 is 0. The van der Waals surface area contributed by atoms with Crippen LogP contribution in [0, 0.1) is 0 Å². The summed E-state index contributed by atoms with van der Waals surface area (Å²) in [6, 6.07) is 12.1. The third-order valence-corrected chi connectivity index (χ3v) is 6.12. The van der Waals surface area contributed by atoms with Crippen molar-refractivity contribution >= 4 is 17.8 Å². The van der Waals surface area contributed by atoms with Gasteiger partial charge in [0.05, 0.1) is 12.3 Å². The van der Waals surface area contributed by atoms with E-state index < -0.39 is 17.5 Å². The molecule has 31 heavy (non-hydrogen) atoms. The van der Waals surface area contributed by atoms with Gasteiger partial charge in [0, 0.05) is 6.54 Å². The van der Waals surface area contributed by atoms with Crippen LogP contribution in [0.5, 0.6) is 0 Å². The maximum Gasteiger partial charge on any atom is 0.325 e. The third-order valence-electron chi connectivity index (χ3n) is 6.12. The number of piperidine rings is 1. The monoisotopic (exact) mass is 424 g/mol. The molecule has 2 aromatic rings. The lowest BCUT2D eigenvalue weighted by atomic mass is 9.92. The molecule has 8 heteroatoms. The van der Waals surface area contributed by atoms with E-state index in [0.29, 0.717) is 12.1 Å². The van der Waals surface area contributed by atoms with Crippen LogP contribution in [0.2, 0.25) is 0 Å². The normalized spacial score (nSPS) is 22.9. The summed E-state index contributed by atoms with van der Waals surface area (Å²) in [6.07, 6.45) is 5.07. The molecule has 4 rings (SSSR count). The van der Waals surface area contributed by atoms with Gasteiger partial charge in [0.1, 0.15) is 17.8 Å². The first-order chi connectivity index (χ1) is 15.0. The zero-order chi connectivity index (χ0) is 21.8. The standard InChI is InChI=1S/C23H28N4O4/c1-23(17-9-4-2-5-10-17)21(29)27(22(30)25-23)16-20(28)24-15-18(19-11-8-14-31-19)26-12-6-3-7-13-26/h2,4-5,8-11,14,18H,3,6-7,12-13,15-16H2,1H3,(H,24,28)(H,25,30). The Morgan fingerprint density at radius 3 is 2.55 bits per heavy atom. The van der Waals surface area contributed by atoms with Gasteiger partial charge in [-0.15, -0.1) is 0 Å². The van der Waals surface area contributed by atoms with E-state index in [1.807, 2.05) is 30.3 Å². The third kappa shape index (κ3) is 4.34. The van der Waals surface area contributed by atoms with Crippen molar-refractivity contribution in [3.63, 3.8) is 0 Å². The summed E-state index contributed by atoms with van der Waals surface area (Å²) in [5.74, 6) is -0.0133. The smallest absolute Gasteiger partial charge is 0.325 e. The van der Waals surface area contributed by atoms with Crippen molar-refractivity contribution in [1.29, 1.82) is 0 Å². The molecule has 0 bridgehead atoms. The molecule has 0 spiro atoms. The minimum Gasteiger partial charge on any atom is -0.468 e. The van der Waals surface area contributed by atoms with E-state index in [1.165, 1.54) is 6.42 Å². The Balaban J connectivity index is 1.40. The summed E-state index contributed by atoms with van der Waals surface area (Å²) in [5, 5.41) is 5.61. The minimum absolute atomic E-state index is 0.0723. The Kier molecular flexibility index (Phi) is 6.08. The number of imide groups is 1. The molecule has 2 saturated heterocycles. The Hall–Kier alpha value is -3.13. The summed E-state index contributed by atoms with van der Waals surface area (Å²) < 4.78 is 5.60. The fourth-order valence-electron chi connectivity index (χ4n) is 4.34. The topological polar surface area (TPSA) is 94.9 Å². The maximum atomic E-state index is 13.0. The van der Waals surface area contributed by atoms with Crippen LogP contribution in [0.3, 0.4) is 0 Å². The molecule has 2 N–H and O–H groups in total. The highest BCUT2D eigenvalue weighted by Gasteiger charge is 2.49. The molecule has 0 radical (unpaired) electrons. The first-order valence-corrected chi connectivity index (χ1v) is 10.7. The molecule has 0 saturated carbocycles. The van der Waals surface area contributed by atoms with Gasteiger partial charge in [-0.05, 0) is 50.6 Å². The van der Waals surface area contributed by atoms with E-state index in [9.17, 15) is 14.4 Å². The zero-order valence-electron chi connectivity index (χ0n) is 17.7. The van der Waals surface area contributed by atoms with Crippen LogP contribution in [0.1, 0.15) is 43.6 Å². The van der Waals surface area contributed by atoms with Gasteiger partial charge in [0.2, 0.25) is 5.91 Å². The van der Waals surface area contributed by atoms with Crippen molar-refractivity contribution in [2.45, 2.75) is 37.8 Å². The number of furan rings is 1. The predicted molar refractivity (Wildman–Crippen MR) is 114 cm³/mol. The van der Waals surface area contributed by atoms with Crippen molar-refractivity contribution in [3.05, 3.63) is 60.1 Å². The van der Waals surface area contributed by atoms with E-state index in [0.717, 1.165) is 36.6 Å². The molecule has 1 aromatic carbocycles. The second kappa shape index (κ2) is 8.93. The maximum absolute atomic E-state index is 13.0. The van der Waals surface area contributed by atoms with E-state index in [-0.39, 0.29) is 18.5 Å². The number of urea groups is 1. The van der Waals surface area contributed by atoms with Crippen molar-refractivity contribution in [1.82, 2.24) is 20.4 Å². The number of carbonyl (C=O) groups is 3. The van der Waals surface area contributed by atoms with Crippen LogP contribution in [0.25, 0.3) is 0 Å². The quantitative estimate of drug-likeness (QED) is 0.666. The summed E-state index contributed by atoms with van der Waals surface area (Å²) in [7, 11) is 0. The number of hydrogen-bond acceptors (Lipinski definition) is 5. The largest absolute Gasteiger partial charge is 0.468 e. The fourth-order valence-corrected chi connectivity index (χ4v) is 4.34. The number of amides is 4. The highest BCUT2D eigenvalue weighted by Crippen LogP contribution is 2.28. The highest BCUT2D eigenvalue weighted by atomic mass is 16.3. The number of carbonyl (C=O) groups excluding carboxylic acids is 3. The van der Waals surface area contributed by atoms with Gasteiger partial charge in [0.25, 0.3) is 5.91 Å². The summed E-state index contributed by atoms with van der Waals surface area (Å²) in [5.41, 5.74) is -0.498. The molecule has 0 aliphatic carbocycles. The molecular formula is C23H28N4O4. The first-order valence-electron chi connectivity index (χ1n) is 10.7. The van der Waals surface area contributed by atoms with E-state index in [4.69, 9.17) is 4.42 Å². The van der Waals surface area contributed by atoms with Crippen molar-refractivity contribution < 1.29 is 18.8 Å². The van der Waals surface area contributed by atoms with Crippen LogP contribution in [0.15, 0.2) is 53.1 Å². The number of rotatable bonds is 7. The van der Waals surface area contributed by atoms with Gasteiger partial charge in [-0.25, -0.2) is 4.79 Å². The van der Waals surface area contributed by atoms with Gasteiger partial charge in [-0.2, -0.15) is 0 Å². The number of nitrogens with one attached hydrogen (secondary N) is 2. The van der Waals surface area contributed by atoms with Crippen LogP contribution in [-0.2, 0) is 15.1 Å². The molecule has 2 aliphatic rings. The molecular weight excluding hydrogens is 396 g/mol. The van der Waals surface area contributed by atoms with Crippen molar-refractivity contribution in [2.24, 2.45) is 0 Å². The molecule has 2 aliphatic heterocycles. The Bertz CT molecular complexity index is 924. The van der Waals surface area contributed by atoms with E-state index >= 15 is 0 Å². The fraction of sp³-hybridized carbons (Fsp3) is 0.435. The number of hydrogen-bond donors (Lipinski definition) is 2. The second-order valence-corrected chi connectivity index (χ2v) is 8.24. The van der Waals surface area contributed by atoms with E-state index in [1.54, 1.807) is 25.3 Å². The first kappa shape index (κ1) is 21.1. The average Bonchev–Trinajstić information content (AvgIpc) is 3.39. The van der Waals surface area contributed by atoms with Gasteiger partial charge >= 0.3 is 6.03 Å². The zero-order valence-corrected chi connectivity index (χ0v) is 17.7. The van der Waals surface area contributed by atoms with Gasteiger partial charge < -0.3 is 15.1 Å².